The Hall–Kier alpha value is -1.29. The molecule has 1 aromatic carbocycles. The third-order valence-corrected chi connectivity index (χ3v) is 3.03. The third-order valence-electron chi connectivity index (χ3n) is 2.54. The Morgan fingerprint density at radius 2 is 2.12 bits per heavy atom. The number of aromatic nitrogens is 1. The number of hydrogen-bond donors (Lipinski definition) is 0. The van der Waals surface area contributed by atoms with Crippen LogP contribution in [-0.2, 0) is 11.3 Å². The molecular weight excluding hydrogens is 268 g/mol. The van der Waals surface area contributed by atoms with Gasteiger partial charge in [0.1, 0.15) is 6.54 Å². The lowest BCUT2D eigenvalue weighted by molar-refractivity contribution is -0.129. The van der Waals surface area contributed by atoms with E-state index in [2.05, 4.69) is 15.9 Å². The fourth-order valence-electron chi connectivity index (χ4n) is 1.60. The maximum Gasteiger partial charge on any atom is 0.241 e. The third kappa shape index (κ3) is 2.11. The van der Waals surface area contributed by atoms with E-state index in [9.17, 15) is 4.79 Å². The van der Waals surface area contributed by atoms with Gasteiger partial charge in [-0.3, -0.25) is 4.79 Å². The molecule has 3 nitrogen and oxygen atoms in total. The van der Waals surface area contributed by atoms with Crippen molar-refractivity contribution in [3.8, 4) is 0 Å². The summed E-state index contributed by atoms with van der Waals surface area (Å²) in [6.45, 7) is 0.387. The minimum Gasteiger partial charge on any atom is -0.347 e. The van der Waals surface area contributed by atoms with Crippen molar-refractivity contribution in [2.75, 3.05) is 14.1 Å². The van der Waals surface area contributed by atoms with Crippen molar-refractivity contribution in [2.24, 2.45) is 0 Å². The molecule has 0 aliphatic carbocycles. The molecule has 0 unspecified atom stereocenters. The highest BCUT2D eigenvalue weighted by atomic mass is 79.9. The zero-order valence-electron chi connectivity index (χ0n) is 9.27. The molecule has 0 aliphatic rings. The van der Waals surface area contributed by atoms with Crippen molar-refractivity contribution in [1.29, 1.82) is 0 Å². The number of rotatable bonds is 2. The molecule has 0 saturated carbocycles. The second kappa shape index (κ2) is 4.29. The Balaban J connectivity index is 2.35. The molecule has 1 amide bonds. The van der Waals surface area contributed by atoms with Gasteiger partial charge < -0.3 is 9.47 Å². The first-order valence-corrected chi connectivity index (χ1v) is 5.82. The first kappa shape index (κ1) is 11.2. The van der Waals surface area contributed by atoms with Crippen LogP contribution < -0.4 is 0 Å². The molecule has 0 radical (unpaired) electrons. The van der Waals surface area contributed by atoms with E-state index < -0.39 is 0 Å². The van der Waals surface area contributed by atoms with Crippen LogP contribution in [0.25, 0.3) is 10.9 Å². The number of benzene rings is 1. The quantitative estimate of drug-likeness (QED) is 0.830. The number of fused-ring (bicyclic) bond motifs is 1. The number of halogens is 1. The Morgan fingerprint density at radius 3 is 2.81 bits per heavy atom. The molecule has 2 aromatic rings. The molecular formula is C12H13BrN2O. The van der Waals surface area contributed by atoms with Gasteiger partial charge in [-0.15, -0.1) is 0 Å². The van der Waals surface area contributed by atoms with Crippen molar-refractivity contribution in [2.45, 2.75) is 6.54 Å². The van der Waals surface area contributed by atoms with Gasteiger partial charge >= 0.3 is 0 Å². The van der Waals surface area contributed by atoms with Crippen LogP contribution in [0.5, 0.6) is 0 Å². The van der Waals surface area contributed by atoms with Gasteiger partial charge in [-0.25, -0.2) is 0 Å². The van der Waals surface area contributed by atoms with E-state index in [4.69, 9.17) is 0 Å². The topological polar surface area (TPSA) is 25.2 Å². The predicted molar refractivity (Wildman–Crippen MR) is 68.3 cm³/mol. The van der Waals surface area contributed by atoms with Crippen LogP contribution in [0.3, 0.4) is 0 Å². The van der Waals surface area contributed by atoms with E-state index in [0.29, 0.717) is 6.54 Å². The second-order valence-corrected chi connectivity index (χ2v) is 4.85. The number of nitrogens with zero attached hydrogens (tertiary/aromatic N) is 2. The predicted octanol–water partition coefficient (Wildman–Crippen LogP) is 2.49. The Bertz CT molecular complexity index is 531. The van der Waals surface area contributed by atoms with Gasteiger partial charge in [0.2, 0.25) is 5.91 Å². The summed E-state index contributed by atoms with van der Waals surface area (Å²) in [5.74, 6) is 0.0976. The summed E-state index contributed by atoms with van der Waals surface area (Å²) in [7, 11) is 3.54. The van der Waals surface area contributed by atoms with Gasteiger partial charge in [-0.05, 0) is 24.3 Å². The number of hydrogen-bond acceptors (Lipinski definition) is 1. The zero-order valence-corrected chi connectivity index (χ0v) is 10.9. The molecule has 16 heavy (non-hydrogen) atoms. The van der Waals surface area contributed by atoms with Crippen molar-refractivity contribution in [1.82, 2.24) is 9.47 Å². The normalized spacial score (nSPS) is 10.7. The van der Waals surface area contributed by atoms with Crippen LogP contribution in [0.4, 0.5) is 0 Å². The highest BCUT2D eigenvalue weighted by Gasteiger charge is 2.07. The molecule has 0 fully saturated rings. The highest BCUT2D eigenvalue weighted by molar-refractivity contribution is 9.10. The van der Waals surface area contributed by atoms with Crippen LogP contribution in [0.15, 0.2) is 34.9 Å². The summed E-state index contributed by atoms with van der Waals surface area (Å²) in [5, 5.41) is 1.14. The smallest absolute Gasteiger partial charge is 0.241 e. The van der Waals surface area contributed by atoms with E-state index in [0.717, 1.165) is 15.4 Å². The molecule has 0 aliphatic heterocycles. The van der Waals surface area contributed by atoms with Gasteiger partial charge in [-0.1, -0.05) is 15.9 Å². The van der Waals surface area contributed by atoms with E-state index in [1.54, 1.807) is 19.0 Å². The molecule has 0 atom stereocenters. The maximum absolute atomic E-state index is 11.6. The standard InChI is InChI=1S/C12H13BrN2O/c1-14(2)12(16)8-15-6-5-9-7-10(13)3-4-11(9)15/h3-7H,8H2,1-2H3. The van der Waals surface area contributed by atoms with E-state index in [1.807, 2.05) is 35.0 Å². The summed E-state index contributed by atoms with van der Waals surface area (Å²) < 4.78 is 3.01. The minimum atomic E-state index is 0.0976. The van der Waals surface area contributed by atoms with E-state index in [-0.39, 0.29) is 5.91 Å². The van der Waals surface area contributed by atoms with Crippen molar-refractivity contribution < 1.29 is 4.79 Å². The average Bonchev–Trinajstić information content (AvgIpc) is 2.60. The highest BCUT2D eigenvalue weighted by Crippen LogP contribution is 2.20. The molecule has 0 bridgehead atoms. The molecule has 4 heteroatoms. The van der Waals surface area contributed by atoms with Crippen LogP contribution in [0.1, 0.15) is 0 Å². The minimum absolute atomic E-state index is 0.0976. The Labute approximate surface area is 103 Å². The summed E-state index contributed by atoms with van der Waals surface area (Å²) in [6.07, 6.45) is 1.94. The number of carbonyl (C=O) groups excluding carboxylic acids is 1. The van der Waals surface area contributed by atoms with Crippen molar-refractivity contribution in [3.05, 3.63) is 34.9 Å². The summed E-state index contributed by atoms with van der Waals surface area (Å²) in [6, 6.07) is 8.07. The van der Waals surface area contributed by atoms with E-state index in [1.165, 1.54) is 0 Å². The second-order valence-electron chi connectivity index (χ2n) is 3.93. The van der Waals surface area contributed by atoms with Crippen LogP contribution >= 0.6 is 15.9 Å². The fourth-order valence-corrected chi connectivity index (χ4v) is 1.97. The zero-order chi connectivity index (χ0) is 11.7. The van der Waals surface area contributed by atoms with E-state index >= 15 is 0 Å². The van der Waals surface area contributed by atoms with Gasteiger partial charge in [0.05, 0.1) is 0 Å². The molecule has 2 rings (SSSR count). The monoisotopic (exact) mass is 280 g/mol. The van der Waals surface area contributed by atoms with Gasteiger partial charge in [0, 0.05) is 35.7 Å². The lowest BCUT2D eigenvalue weighted by atomic mass is 10.2. The fraction of sp³-hybridized carbons (Fsp3) is 0.250. The van der Waals surface area contributed by atoms with Gasteiger partial charge in [0.15, 0.2) is 0 Å². The largest absolute Gasteiger partial charge is 0.347 e. The number of carbonyl (C=O) groups is 1. The summed E-state index contributed by atoms with van der Waals surface area (Å²) in [4.78, 5) is 13.2. The Kier molecular flexibility index (Phi) is 3.01. The Morgan fingerprint density at radius 1 is 1.38 bits per heavy atom. The first-order chi connectivity index (χ1) is 7.58. The van der Waals surface area contributed by atoms with Crippen molar-refractivity contribution >= 4 is 32.7 Å². The van der Waals surface area contributed by atoms with Gasteiger partial charge in [0.25, 0.3) is 0 Å². The molecule has 0 saturated heterocycles. The maximum atomic E-state index is 11.6. The molecule has 84 valence electrons. The van der Waals surface area contributed by atoms with Crippen molar-refractivity contribution in [3.63, 3.8) is 0 Å². The van der Waals surface area contributed by atoms with Crippen LogP contribution in [0, 0.1) is 0 Å². The molecule has 1 aromatic heterocycles. The number of likely N-dealkylation sites (N-methyl/N-ethyl adjacent to an activating group) is 1. The van der Waals surface area contributed by atoms with Crippen LogP contribution in [-0.4, -0.2) is 29.5 Å². The molecule has 1 heterocycles. The number of amides is 1. The summed E-state index contributed by atoms with van der Waals surface area (Å²) >= 11 is 3.43. The average molecular weight is 281 g/mol. The SMILES string of the molecule is CN(C)C(=O)Cn1ccc2cc(Br)ccc21. The lowest BCUT2D eigenvalue weighted by Gasteiger charge is -2.11. The lowest BCUT2D eigenvalue weighted by Crippen LogP contribution is -2.25. The molecule has 0 N–H and O–H groups in total. The summed E-state index contributed by atoms with van der Waals surface area (Å²) in [5.41, 5.74) is 1.08. The van der Waals surface area contributed by atoms with Gasteiger partial charge in [-0.2, -0.15) is 0 Å². The molecule has 0 spiro atoms. The van der Waals surface area contributed by atoms with Crippen LogP contribution in [0.2, 0.25) is 0 Å². The first-order valence-electron chi connectivity index (χ1n) is 5.02.